The summed E-state index contributed by atoms with van der Waals surface area (Å²) in [4.78, 5) is 24.8. The van der Waals surface area contributed by atoms with Gasteiger partial charge in [-0.1, -0.05) is 12.1 Å². The molecule has 0 aliphatic carbocycles. The molecule has 0 atom stereocenters. The van der Waals surface area contributed by atoms with E-state index in [0.29, 0.717) is 35.9 Å². The third-order valence-electron chi connectivity index (χ3n) is 4.00. The molecule has 7 nitrogen and oxygen atoms in total. The van der Waals surface area contributed by atoms with Gasteiger partial charge in [0.15, 0.2) is 0 Å². The molecular formula is C17H19BrN4O3. The molecule has 25 heavy (non-hydrogen) atoms. The van der Waals surface area contributed by atoms with Gasteiger partial charge in [-0.3, -0.25) is 4.79 Å². The summed E-state index contributed by atoms with van der Waals surface area (Å²) >= 11 is 3.33. The van der Waals surface area contributed by atoms with E-state index in [1.807, 2.05) is 34.1 Å². The van der Waals surface area contributed by atoms with Crippen LogP contribution in [0.5, 0.6) is 11.6 Å². The first-order chi connectivity index (χ1) is 12.1. The summed E-state index contributed by atoms with van der Waals surface area (Å²) in [5, 5.41) is 0. The van der Waals surface area contributed by atoms with Crippen LogP contribution >= 0.6 is 15.9 Å². The van der Waals surface area contributed by atoms with E-state index in [2.05, 4.69) is 25.9 Å². The molecule has 0 radical (unpaired) electrons. The van der Waals surface area contributed by atoms with Crippen LogP contribution in [0.3, 0.4) is 0 Å². The Kier molecular flexibility index (Phi) is 5.37. The molecule has 0 N–H and O–H groups in total. The lowest BCUT2D eigenvalue weighted by atomic mass is 10.2. The van der Waals surface area contributed by atoms with E-state index < -0.39 is 0 Å². The van der Waals surface area contributed by atoms with Gasteiger partial charge in [-0.05, 0) is 33.6 Å². The van der Waals surface area contributed by atoms with Crippen molar-refractivity contribution in [3.63, 3.8) is 0 Å². The zero-order chi connectivity index (χ0) is 17.8. The molecule has 0 spiro atoms. The quantitative estimate of drug-likeness (QED) is 0.757. The molecule has 3 rings (SSSR count). The van der Waals surface area contributed by atoms with Gasteiger partial charge in [-0.25, -0.2) is 4.98 Å². The molecule has 1 amide bonds. The molecule has 0 saturated carbocycles. The Balaban J connectivity index is 1.67. The molecule has 1 aliphatic rings. The molecule has 1 aromatic heterocycles. The molecular weight excluding hydrogens is 388 g/mol. The summed E-state index contributed by atoms with van der Waals surface area (Å²) in [5.74, 6) is 1.78. The summed E-state index contributed by atoms with van der Waals surface area (Å²) in [7, 11) is 3.18. The van der Waals surface area contributed by atoms with E-state index in [0.717, 1.165) is 11.3 Å². The summed E-state index contributed by atoms with van der Waals surface area (Å²) in [6.07, 6.45) is 1.63. The van der Waals surface area contributed by atoms with Crippen LogP contribution in [0.4, 0.5) is 5.95 Å². The molecule has 0 unspecified atom stereocenters. The van der Waals surface area contributed by atoms with Gasteiger partial charge in [-0.15, -0.1) is 0 Å². The monoisotopic (exact) mass is 406 g/mol. The minimum Gasteiger partial charge on any atom is -0.497 e. The van der Waals surface area contributed by atoms with Gasteiger partial charge in [0.2, 0.25) is 17.7 Å². The largest absolute Gasteiger partial charge is 0.497 e. The highest BCUT2D eigenvalue weighted by atomic mass is 79.9. The Bertz CT molecular complexity index is 771. The van der Waals surface area contributed by atoms with Crippen molar-refractivity contribution in [1.82, 2.24) is 14.9 Å². The fraction of sp³-hybridized carbons (Fsp3) is 0.353. The van der Waals surface area contributed by atoms with Crippen LogP contribution in [-0.2, 0) is 11.3 Å². The van der Waals surface area contributed by atoms with Crippen molar-refractivity contribution >= 4 is 27.8 Å². The van der Waals surface area contributed by atoms with Crippen molar-refractivity contribution in [2.75, 3.05) is 38.8 Å². The zero-order valence-corrected chi connectivity index (χ0v) is 15.7. The number of methoxy groups -OCH3 is 2. The van der Waals surface area contributed by atoms with Crippen LogP contribution in [0.1, 0.15) is 5.56 Å². The Hall–Kier alpha value is -2.35. The minimum absolute atomic E-state index is 0.0413. The molecule has 8 heteroatoms. The maximum Gasteiger partial charge on any atom is 0.242 e. The number of piperazine rings is 1. The highest BCUT2D eigenvalue weighted by molar-refractivity contribution is 9.10. The zero-order valence-electron chi connectivity index (χ0n) is 14.1. The number of rotatable bonds is 5. The number of aromatic nitrogens is 2. The Morgan fingerprint density at radius 3 is 2.80 bits per heavy atom. The van der Waals surface area contributed by atoms with Gasteiger partial charge in [0.25, 0.3) is 0 Å². The number of halogens is 1. The number of carbonyl (C=O) groups is 1. The molecule has 0 bridgehead atoms. The summed E-state index contributed by atoms with van der Waals surface area (Å²) in [5.41, 5.74) is 1.04. The average Bonchev–Trinajstić information content (AvgIpc) is 2.64. The van der Waals surface area contributed by atoms with E-state index in [-0.39, 0.29) is 12.5 Å². The standard InChI is InChI=1S/C17H19BrN4O3/c1-24-13-5-3-4-12(8-13)10-21-6-7-22(11-15(21)23)17-19-9-14(18)16(20-17)25-2/h3-5,8-9H,6-7,10-11H2,1-2H3. The fourth-order valence-electron chi connectivity index (χ4n) is 2.68. The van der Waals surface area contributed by atoms with Gasteiger partial charge in [-0.2, -0.15) is 4.98 Å². The molecule has 2 aromatic rings. The third-order valence-corrected chi connectivity index (χ3v) is 4.55. The summed E-state index contributed by atoms with van der Waals surface area (Å²) in [6, 6.07) is 7.76. The first-order valence-electron chi connectivity index (χ1n) is 7.83. The summed E-state index contributed by atoms with van der Waals surface area (Å²) < 4.78 is 11.1. The smallest absolute Gasteiger partial charge is 0.242 e. The molecule has 132 valence electrons. The molecule has 1 aromatic carbocycles. The predicted molar refractivity (Wildman–Crippen MR) is 96.9 cm³/mol. The highest BCUT2D eigenvalue weighted by Crippen LogP contribution is 2.24. The van der Waals surface area contributed by atoms with Crippen molar-refractivity contribution in [2.45, 2.75) is 6.54 Å². The summed E-state index contributed by atoms with van der Waals surface area (Å²) in [6.45, 7) is 2.08. The number of anilines is 1. The molecule has 1 aliphatic heterocycles. The van der Waals surface area contributed by atoms with Gasteiger partial charge in [0.05, 0.1) is 24.9 Å². The number of nitrogens with zero attached hydrogens (tertiary/aromatic N) is 4. The van der Waals surface area contributed by atoms with Crippen LogP contribution in [0.2, 0.25) is 0 Å². The number of hydrogen-bond donors (Lipinski definition) is 0. The average molecular weight is 407 g/mol. The van der Waals surface area contributed by atoms with E-state index >= 15 is 0 Å². The van der Waals surface area contributed by atoms with E-state index in [9.17, 15) is 4.79 Å². The van der Waals surface area contributed by atoms with Crippen LogP contribution < -0.4 is 14.4 Å². The predicted octanol–water partition coefficient (Wildman–Crippen LogP) is 2.11. The van der Waals surface area contributed by atoms with Gasteiger partial charge < -0.3 is 19.3 Å². The van der Waals surface area contributed by atoms with Crippen LogP contribution in [0.15, 0.2) is 34.9 Å². The lowest BCUT2D eigenvalue weighted by Gasteiger charge is -2.34. The molecule has 2 heterocycles. The molecule has 1 saturated heterocycles. The van der Waals surface area contributed by atoms with Crippen molar-refractivity contribution in [1.29, 1.82) is 0 Å². The Labute approximate surface area is 154 Å². The highest BCUT2D eigenvalue weighted by Gasteiger charge is 2.26. The minimum atomic E-state index is 0.0413. The second-order valence-corrected chi connectivity index (χ2v) is 6.47. The van der Waals surface area contributed by atoms with Crippen molar-refractivity contribution < 1.29 is 14.3 Å². The van der Waals surface area contributed by atoms with Crippen LogP contribution in [0.25, 0.3) is 0 Å². The Morgan fingerprint density at radius 1 is 1.24 bits per heavy atom. The molecule has 1 fully saturated rings. The number of amides is 1. The lowest BCUT2D eigenvalue weighted by molar-refractivity contribution is -0.131. The van der Waals surface area contributed by atoms with Gasteiger partial charge in [0.1, 0.15) is 12.3 Å². The van der Waals surface area contributed by atoms with Crippen molar-refractivity contribution in [3.8, 4) is 11.6 Å². The normalized spacial score (nSPS) is 14.6. The second kappa shape index (κ2) is 7.69. The van der Waals surface area contributed by atoms with Gasteiger partial charge in [0, 0.05) is 19.6 Å². The van der Waals surface area contributed by atoms with Crippen LogP contribution in [-0.4, -0.2) is 54.6 Å². The number of hydrogen-bond acceptors (Lipinski definition) is 6. The lowest BCUT2D eigenvalue weighted by Crippen LogP contribution is -2.50. The first-order valence-corrected chi connectivity index (χ1v) is 8.62. The third kappa shape index (κ3) is 4.01. The number of carbonyl (C=O) groups excluding carboxylic acids is 1. The number of ether oxygens (including phenoxy) is 2. The SMILES string of the molecule is COc1cccc(CN2CCN(c3ncc(Br)c(OC)n3)CC2=O)c1. The number of benzene rings is 1. The van der Waals surface area contributed by atoms with Crippen LogP contribution in [0, 0.1) is 0 Å². The fourth-order valence-corrected chi connectivity index (χ4v) is 3.03. The van der Waals surface area contributed by atoms with E-state index in [1.165, 1.54) is 0 Å². The van der Waals surface area contributed by atoms with Crippen molar-refractivity contribution in [3.05, 3.63) is 40.5 Å². The first kappa shape index (κ1) is 17.5. The second-order valence-electron chi connectivity index (χ2n) is 5.62. The van der Waals surface area contributed by atoms with Crippen molar-refractivity contribution in [2.24, 2.45) is 0 Å². The van der Waals surface area contributed by atoms with E-state index in [4.69, 9.17) is 9.47 Å². The van der Waals surface area contributed by atoms with E-state index in [1.54, 1.807) is 20.4 Å². The maximum atomic E-state index is 12.5. The maximum absolute atomic E-state index is 12.5. The topological polar surface area (TPSA) is 67.8 Å². The van der Waals surface area contributed by atoms with Gasteiger partial charge >= 0.3 is 0 Å². The Morgan fingerprint density at radius 2 is 2.08 bits per heavy atom.